The minimum Gasteiger partial charge on any atom is -0.744 e. The van der Waals surface area contributed by atoms with Gasteiger partial charge < -0.3 is 9.29 Å². The number of ether oxygens (including phenoxy) is 1. The minimum atomic E-state index is -5.09. The molecule has 0 aliphatic carbocycles. The SMILES string of the molecule is COc1ccccc1[IH+].O=S(=O)([O-])c1ccccc1C(F)(F)F. The van der Waals surface area contributed by atoms with Gasteiger partial charge in [-0.1, -0.05) is 24.3 Å². The van der Waals surface area contributed by atoms with Crippen LogP contribution in [0, 0.1) is 3.57 Å². The van der Waals surface area contributed by atoms with Gasteiger partial charge in [-0.15, -0.1) is 0 Å². The largest absolute Gasteiger partial charge is 0.744 e. The van der Waals surface area contributed by atoms with Gasteiger partial charge in [0, 0.05) is 0 Å². The first-order valence-electron chi connectivity index (χ1n) is 5.99. The molecule has 0 radical (unpaired) electrons. The molecule has 0 aromatic heterocycles. The molecule has 23 heavy (non-hydrogen) atoms. The maximum atomic E-state index is 12.2. The highest BCUT2D eigenvalue weighted by atomic mass is 127. The summed E-state index contributed by atoms with van der Waals surface area (Å²) in [5.41, 5.74) is -1.44. The first-order chi connectivity index (χ1) is 10.6. The van der Waals surface area contributed by atoms with E-state index in [1.165, 1.54) is 3.57 Å². The second kappa shape index (κ2) is 7.97. The second-order valence-corrected chi connectivity index (χ2v) is 6.70. The molecule has 126 valence electrons. The van der Waals surface area contributed by atoms with Crippen molar-refractivity contribution in [1.82, 2.24) is 0 Å². The molecule has 9 heteroatoms. The van der Waals surface area contributed by atoms with Gasteiger partial charge in [0.2, 0.25) is 3.57 Å². The van der Waals surface area contributed by atoms with Gasteiger partial charge >= 0.3 is 28.8 Å². The molecule has 0 saturated carbocycles. The number of para-hydroxylation sites is 1. The zero-order chi connectivity index (χ0) is 17.7. The van der Waals surface area contributed by atoms with Gasteiger partial charge in [0.05, 0.1) is 17.6 Å². The van der Waals surface area contributed by atoms with Crippen LogP contribution in [0.15, 0.2) is 53.4 Å². The lowest BCUT2D eigenvalue weighted by Crippen LogP contribution is -3.34. The van der Waals surface area contributed by atoms with Crippen LogP contribution in [0.25, 0.3) is 0 Å². The van der Waals surface area contributed by atoms with E-state index in [1.807, 2.05) is 46.9 Å². The number of methoxy groups -OCH3 is 1. The number of hydrogen-bond donors (Lipinski definition) is 0. The number of rotatable bonds is 2. The van der Waals surface area contributed by atoms with Crippen LogP contribution in [0.3, 0.4) is 0 Å². The first-order valence-corrected chi connectivity index (χ1v) is 8.57. The van der Waals surface area contributed by atoms with Crippen molar-refractivity contribution in [2.24, 2.45) is 0 Å². The normalized spacial score (nSPS) is 11.4. The Morgan fingerprint density at radius 2 is 1.57 bits per heavy atom. The number of hydrogen-bond acceptors (Lipinski definition) is 4. The van der Waals surface area contributed by atoms with Crippen molar-refractivity contribution >= 4 is 10.1 Å². The molecule has 0 fully saturated rings. The summed E-state index contributed by atoms with van der Waals surface area (Å²) >= 11 is 1.96. The Labute approximate surface area is 145 Å². The van der Waals surface area contributed by atoms with Gasteiger partial charge in [0.25, 0.3) is 0 Å². The summed E-state index contributed by atoms with van der Waals surface area (Å²) in [6, 6.07) is 11.2. The highest BCUT2D eigenvalue weighted by Crippen LogP contribution is 2.33. The van der Waals surface area contributed by atoms with Crippen LogP contribution in [-0.4, -0.2) is 20.1 Å². The Morgan fingerprint density at radius 1 is 1.04 bits per heavy atom. The summed E-state index contributed by atoms with van der Waals surface area (Å²) in [7, 11) is -3.40. The highest BCUT2D eigenvalue weighted by molar-refractivity contribution is 7.85. The molecular weight excluding hydrogens is 448 g/mol. The zero-order valence-electron chi connectivity index (χ0n) is 11.7. The molecular formula is C14H12F3IO4S. The fourth-order valence-electron chi connectivity index (χ4n) is 1.54. The van der Waals surface area contributed by atoms with Crippen molar-refractivity contribution in [2.45, 2.75) is 11.1 Å². The molecule has 0 atom stereocenters. The monoisotopic (exact) mass is 460 g/mol. The molecule has 0 aliphatic heterocycles. The standard InChI is InChI=1S/C7H5F3O3S.C7H8IO/c8-7(9,10)5-3-1-2-4-6(5)14(11,12)13;1-9-7-5-3-2-4-6(7)8/h1-4H,(H,11,12,13);2-5,8H,1H3/q;+1/p-1. The smallest absolute Gasteiger partial charge is 0.417 e. The van der Waals surface area contributed by atoms with Crippen molar-refractivity contribution in [3.8, 4) is 5.75 Å². The van der Waals surface area contributed by atoms with Crippen molar-refractivity contribution in [3.63, 3.8) is 0 Å². The Hall–Kier alpha value is -1.33. The predicted octanol–water partition coefficient (Wildman–Crippen LogP) is -0.240. The second-order valence-electron chi connectivity index (χ2n) is 4.10. The van der Waals surface area contributed by atoms with Gasteiger partial charge in [0.1, 0.15) is 10.1 Å². The Morgan fingerprint density at radius 3 is 1.96 bits per heavy atom. The van der Waals surface area contributed by atoms with E-state index in [-0.39, 0.29) is 0 Å². The third-order valence-electron chi connectivity index (χ3n) is 2.53. The minimum absolute atomic E-state index is 0.546. The third-order valence-corrected chi connectivity index (χ3v) is 4.39. The van der Waals surface area contributed by atoms with E-state index in [2.05, 4.69) is 0 Å². The zero-order valence-corrected chi connectivity index (χ0v) is 14.8. The predicted molar refractivity (Wildman–Crippen MR) is 72.5 cm³/mol. The Kier molecular flexibility index (Phi) is 6.84. The average molecular weight is 460 g/mol. The molecule has 4 nitrogen and oxygen atoms in total. The number of benzene rings is 2. The number of halogens is 4. The van der Waals surface area contributed by atoms with Crippen molar-refractivity contribution in [3.05, 3.63) is 57.7 Å². The molecule has 0 heterocycles. The first kappa shape index (κ1) is 19.7. The molecule has 2 aromatic rings. The average Bonchev–Trinajstić information content (AvgIpc) is 2.47. The highest BCUT2D eigenvalue weighted by Gasteiger charge is 2.34. The maximum Gasteiger partial charge on any atom is 0.417 e. The summed E-state index contributed by atoms with van der Waals surface area (Å²) < 4.78 is 74.1. The lowest BCUT2D eigenvalue weighted by atomic mass is 10.2. The van der Waals surface area contributed by atoms with Gasteiger partial charge in [-0.05, 0) is 24.3 Å². The van der Waals surface area contributed by atoms with Crippen molar-refractivity contribution < 1.29 is 53.5 Å². The van der Waals surface area contributed by atoms with Crippen LogP contribution in [0.4, 0.5) is 13.2 Å². The van der Waals surface area contributed by atoms with E-state index in [9.17, 15) is 26.1 Å². The fraction of sp³-hybridized carbons (Fsp3) is 0.143. The van der Waals surface area contributed by atoms with Crippen molar-refractivity contribution in [2.75, 3.05) is 7.11 Å². The molecule has 0 amide bonds. The van der Waals surface area contributed by atoms with Crippen LogP contribution >= 0.6 is 0 Å². The summed E-state index contributed by atoms with van der Waals surface area (Å²) in [5.74, 6) is 0.960. The molecule has 0 N–H and O–H groups in total. The lowest BCUT2D eigenvalue weighted by molar-refractivity contribution is -0.330. The molecule has 0 spiro atoms. The summed E-state index contributed by atoms with van der Waals surface area (Å²) in [4.78, 5) is -1.24. The Bertz CT molecular complexity index is 761. The van der Waals surface area contributed by atoms with E-state index in [0.29, 0.717) is 12.1 Å². The van der Waals surface area contributed by atoms with E-state index in [4.69, 9.17) is 4.74 Å². The van der Waals surface area contributed by atoms with Gasteiger partial charge in [-0.3, -0.25) is 0 Å². The van der Waals surface area contributed by atoms with E-state index in [1.54, 1.807) is 7.11 Å². The molecule has 2 rings (SSSR count). The van der Waals surface area contributed by atoms with E-state index >= 15 is 0 Å². The van der Waals surface area contributed by atoms with Crippen LogP contribution in [0.2, 0.25) is 0 Å². The topological polar surface area (TPSA) is 66.4 Å². The maximum absolute atomic E-state index is 12.2. The fourth-order valence-corrected chi connectivity index (χ4v) is 2.89. The van der Waals surface area contributed by atoms with Crippen LogP contribution in [-0.2, 0) is 16.3 Å². The van der Waals surface area contributed by atoms with Gasteiger partial charge in [-0.25, -0.2) is 8.42 Å². The third kappa shape index (κ3) is 5.99. The molecule has 0 bridgehead atoms. The van der Waals surface area contributed by atoms with Crippen LogP contribution in [0.5, 0.6) is 5.75 Å². The van der Waals surface area contributed by atoms with Gasteiger partial charge in [0.15, 0.2) is 5.75 Å². The van der Waals surface area contributed by atoms with Crippen LogP contribution < -0.4 is 27.3 Å². The summed E-state index contributed by atoms with van der Waals surface area (Å²) in [5, 5.41) is 0. The molecule has 0 aliphatic rings. The summed E-state index contributed by atoms with van der Waals surface area (Å²) in [6.45, 7) is 0. The van der Waals surface area contributed by atoms with E-state index < -0.39 is 26.8 Å². The van der Waals surface area contributed by atoms with Crippen LogP contribution in [0.1, 0.15) is 5.56 Å². The molecule has 2 aromatic carbocycles. The quantitative estimate of drug-likeness (QED) is 0.459. The molecule has 0 unspecified atom stereocenters. The molecule has 0 saturated heterocycles. The van der Waals surface area contributed by atoms with Crippen molar-refractivity contribution in [1.29, 1.82) is 0 Å². The lowest BCUT2D eigenvalue weighted by Gasteiger charge is -2.14. The Balaban J connectivity index is 0.000000253. The summed E-state index contributed by atoms with van der Waals surface area (Å²) in [6.07, 6.45) is -4.84. The number of alkyl halides is 3. The van der Waals surface area contributed by atoms with Gasteiger partial charge in [-0.2, -0.15) is 13.2 Å². The van der Waals surface area contributed by atoms with E-state index in [0.717, 1.165) is 17.9 Å².